The quantitative estimate of drug-likeness (QED) is 0.482. The number of nitrogens with one attached hydrogen (secondary N) is 1. The molecular weight excluding hydrogens is 453 g/mol. The van der Waals surface area contributed by atoms with Gasteiger partial charge in [-0.1, -0.05) is 6.92 Å². The van der Waals surface area contributed by atoms with E-state index in [9.17, 15) is 26.4 Å². The first-order chi connectivity index (χ1) is 15.5. The normalized spacial score (nSPS) is 27.5. The van der Waals surface area contributed by atoms with Crippen molar-refractivity contribution in [1.29, 1.82) is 0 Å². The van der Waals surface area contributed by atoms with Crippen LogP contribution in [-0.4, -0.2) is 19.6 Å². The highest BCUT2D eigenvalue weighted by Crippen LogP contribution is 2.65. The van der Waals surface area contributed by atoms with Crippen LogP contribution in [-0.2, 0) is 9.84 Å². The van der Waals surface area contributed by atoms with E-state index >= 15 is 0 Å². The molecule has 3 fully saturated rings. The fourth-order valence-corrected chi connectivity index (χ4v) is 8.60. The van der Waals surface area contributed by atoms with Crippen LogP contribution in [0.4, 0.5) is 24.5 Å². The highest BCUT2D eigenvalue weighted by atomic mass is 32.2. The molecule has 2 aromatic carbocycles. The third kappa shape index (κ3) is 3.70. The van der Waals surface area contributed by atoms with E-state index in [1.807, 2.05) is 0 Å². The van der Waals surface area contributed by atoms with Crippen LogP contribution in [0.1, 0.15) is 49.4 Å². The van der Waals surface area contributed by atoms with Crippen LogP contribution < -0.4 is 11.1 Å². The lowest BCUT2D eigenvalue weighted by Gasteiger charge is -2.36. The molecule has 5 nitrogen and oxygen atoms in total. The molecule has 176 valence electrons. The Hall–Kier alpha value is -2.55. The fourth-order valence-electron chi connectivity index (χ4n) is 6.08. The Bertz CT molecular complexity index is 1240. The highest BCUT2D eigenvalue weighted by molar-refractivity contribution is 7.92. The molecule has 3 N–H and O–H groups in total. The molecular formula is C24H25F3N2O3S. The molecule has 1 spiro atoms. The number of amides is 1. The van der Waals surface area contributed by atoms with E-state index in [-0.39, 0.29) is 33.7 Å². The van der Waals surface area contributed by atoms with E-state index in [0.717, 1.165) is 19.3 Å². The number of halogens is 3. The van der Waals surface area contributed by atoms with Crippen molar-refractivity contribution in [3.05, 3.63) is 53.3 Å². The smallest absolute Gasteiger partial charge is 0.255 e. The first-order valence-corrected chi connectivity index (χ1v) is 12.6. The van der Waals surface area contributed by atoms with Gasteiger partial charge in [-0.05, 0) is 73.5 Å². The Morgan fingerprint density at radius 3 is 2.36 bits per heavy atom. The number of hydrogen-bond acceptors (Lipinski definition) is 4. The predicted molar refractivity (Wildman–Crippen MR) is 118 cm³/mol. The van der Waals surface area contributed by atoms with Crippen molar-refractivity contribution < 1.29 is 26.4 Å². The zero-order valence-corrected chi connectivity index (χ0v) is 18.9. The second-order valence-electron chi connectivity index (χ2n) is 10.0. The lowest BCUT2D eigenvalue weighted by Crippen LogP contribution is -2.39. The average Bonchev–Trinajstić information content (AvgIpc) is 3.44. The maximum absolute atomic E-state index is 13.8. The maximum Gasteiger partial charge on any atom is 0.255 e. The summed E-state index contributed by atoms with van der Waals surface area (Å²) >= 11 is 0. The minimum atomic E-state index is -3.81. The summed E-state index contributed by atoms with van der Waals surface area (Å²) in [5, 5.41) is 1.75. The third-order valence-electron chi connectivity index (χ3n) is 7.80. The molecule has 3 aliphatic rings. The van der Waals surface area contributed by atoms with E-state index < -0.39 is 38.4 Å². The van der Waals surface area contributed by atoms with Crippen molar-refractivity contribution in [2.75, 3.05) is 11.1 Å². The van der Waals surface area contributed by atoms with Gasteiger partial charge in [0, 0.05) is 23.4 Å². The van der Waals surface area contributed by atoms with Gasteiger partial charge in [0.1, 0.15) is 0 Å². The minimum Gasteiger partial charge on any atom is -0.398 e. The molecule has 0 aliphatic heterocycles. The summed E-state index contributed by atoms with van der Waals surface area (Å²) in [7, 11) is -3.81. The zero-order chi connectivity index (χ0) is 23.7. The third-order valence-corrected chi connectivity index (χ3v) is 10.2. The summed E-state index contributed by atoms with van der Waals surface area (Å²) in [6, 6.07) is 5.23. The van der Waals surface area contributed by atoms with Gasteiger partial charge in [0.2, 0.25) is 0 Å². The van der Waals surface area contributed by atoms with Crippen molar-refractivity contribution >= 4 is 27.1 Å². The number of hydrogen-bond donors (Lipinski definition) is 2. The van der Waals surface area contributed by atoms with E-state index in [2.05, 4.69) is 12.2 Å². The van der Waals surface area contributed by atoms with E-state index in [1.54, 1.807) is 0 Å². The number of nitrogens with two attached hydrogens (primary N) is 1. The van der Waals surface area contributed by atoms with Crippen molar-refractivity contribution in [3.8, 4) is 0 Å². The molecule has 0 heterocycles. The average molecular weight is 479 g/mol. The Balaban J connectivity index is 1.44. The molecule has 0 aromatic heterocycles. The predicted octanol–water partition coefficient (Wildman–Crippen LogP) is 4.93. The number of carbonyl (C=O) groups excluding carboxylic acids is 1. The molecule has 2 bridgehead atoms. The Morgan fingerprint density at radius 2 is 1.76 bits per heavy atom. The van der Waals surface area contributed by atoms with Crippen LogP contribution in [0.2, 0.25) is 0 Å². The molecule has 3 aliphatic carbocycles. The number of fused-ring (bicyclic) bond motifs is 2. The standard InChI is InChI=1S/C24H25F3N2O3S/c1-12-6-14-10-24(4-5-24)11-16(12)22(14)33(31,32)20-7-13(2-3-19(20)28)23(30)29-15-8-17(25)21(27)18(26)9-15/h2-3,7-9,12,14,16,22H,4-6,10-11,28H2,1H3,(H,29,30)/t12-,14-,16?,22?/m0/s1. The lowest BCUT2D eigenvalue weighted by atomic mass is 9.77. The number of nitrogen functional groups attached to an aromatic ring is 1. The molecule has 0 saturated heterocycles. The van der Waals surface area contributed by atoms with Crippen LogP contribution in [0, 0.1) is 40.6 Å². The van der Waals surface area contributed by atoms with Gasteiger partial charge in [-0.2, -0.15) is 0 Å². The second-order valence-corrected chi connectivity index (χ2v) is 12.1. The Morgan fingerprint density at radius 1 is 1.09 bits per heavy atom. The first kappa shape index (κ1) is 22.3. The molecule has 4 atom stereocenters. The van der Waals surface area contributed by atoms with Gasteiger partial charge in [-0.15, -0.1) is 0 Å². The molecule has 2 aromatic rings. The van der Waals surface area contributed by atoms with Crippen molar-refractivity contribution in [2.45, 2.75) is 49.2 Å². The summed E-state index contributed by atoms with van der Waals surface area (Å²) < 4.78 is 67.6. The summed E-state index contributed by atoms with van der Waals surface area (Å²) in [6.07, 6.45) is 5.04. The van der Waals surface area contributed by atoms with Gasteiger partial charge in [-0.25, -0.2) is 21.6 Å². The summed E-state index contributed by atoms with van der Waals surface area (Å²) in [6.45, 7) is 2.11. The van der Waals surface area contributed by atoms with Crippen molar-refractivity contribution in [3.63, 3.8) is 0 Å². The van der Waals surface area contributed by atoms with Gasteiger partial charge in [0.05, 0.1) is 15.8 Å². The van der Waals surface area contributed by atoms with Gasteiger partial charge >= 0.3 is 0 Å². The van der Waals surface area contributed by atoms with Crippen molar-refractivity contribution in [1.82, 2.24) is 0 Å². The van der Waals surface area contributed by atoms with Crippen molar-refractivity contribution in [2.24, 2.45) is 23.2 Å². The molecule has 1 amide bonds. The number of anilines is 2. The number of benzene rings is 2. The monoisotopic (exact) mass is 478 g/mol. The summed E-state index contributed by atoms with van der Waals surface area (Å²) in [5.41, 5.74) is 6.12. The van der Waals surface area contributed by atoms with Crippen LogP contribution in [0.25, 0.3) is 0 Å². The fraction of sp³-hybridized carbons (Fsp3) is 0.458. The Kier molecular flexibility index (Phi) is 5.04. The van der Waals surface area contributed by atoms with E-state index in [0.29, 0.717) is 23.5 Å². The highest BCUT2D eigenvalue weighted by Gasteiger charge is 2.60. The second kappa shape index (κ2) is 7.48. The van der Waals surface area contributed by atoms with Gasteiger partial charge in [0.25, 0.3) is 5.91 Å². The van der Waals surface area contributed by atoms with Gasteiger partial charge < -0.3 is 11.1 Å². The van der Waals surface area contributed by atoms with Gasteiger partial charge in [0.15, 0.2) is 27.3 Å². The number of sulfone groups is 1. The van der Waals surface area contributed by atoms with Crippen LogP contribution in [0.3, 0.4) is 0 Å². The molecule has 5 rings (SSSR count). The Labute approximate surface area is 190 Å². The van der Waals surface area contributed by atoms with Crippen LogP contribution in [0.5, 0.6) is 0 Å². The van der Waals surface area contributed by atoms with Crippen LogP contribution >= 0.6 is 0 Å². The van der Waals surface area contributed by atoms with Gasteiger partial charge in [-0.3, -0.25) is 4.79 Å². The number of carbonyl (C=O) groups is 1. The SMILES string of the molecule is C[C@H]1C[C@H]2CC3(CC3)CC1C2S(=O)(=O)c1cc(C(=O)Nc2cc(F)c(F)c(F)c2)ccc1N. The van der Waals surface area contributed by atoms with Crippen LogP contribution in [0.15, 0.2) is 35.2 Å². The largest absolute Gasteiger partial charge is 0.398 e. The lowest BCUT2D eigenvalue weighted by molar-refractivity contribution is 0.102. The molecule has 33 heavy (non-hydrogen) atoms. The zero-order valence-electron chi connectivity index (χ0n) is 18.1. The summed E-state index contributed by atoms with van der Waals surface area (Å²) in [5.74, 6) is -4.85. The molecule has 9 heteroatoms. The molecule has 2 unspecified atom stereocenters. The van der Waals surface area contributed by atoms with E-state index in [4.69, 9.17) is 5.73 Å². The topological polar surface area (TPSA) is 89.3 Å². The van der Waals surface area contributed by atoms with E-state index in [1.165, 1.54) is 31.0 Å². The minimum absolute atomic E-state index is 0.0252. The molecule has 3 saturated carbocycles. The first-order valence-electron chi connectivity index (χ1n) is 11.1. The maximum atomic E-state index is 13.8. The molecule has 0 radical (unpaired) electrons. The summed E-state index contributed by atoms with van der Waals surface area (Å²) in [4.78, 5) is 12.6. The number of rotatable bonds is 4.